The second-order valence-corrected chi connectivity index (χ2v) is 6.92. The Hall–Kier alpha value is -1.20. The van der Waals surface area contributed by atoms with Crippen molar-refractivity contribution in [1.82, 2.24) is 14.8 Å². The van der Waals surface area contributed by atoms with Crippen LogP contribution in [-0.4, -0.2) is 14.8 Å². The van der Waals surface area contributed by atoms with Crippen LogP contribution in [0.25, 0.3) is 0 Å². The Balaban J connectivity index is 1.68. The maximum atomic E-state index is 6.25. The molecule has 0 aliphatic heterocycles. The van der Waals surface area contributed by atoms with Gasteiger partial charge in [-0.3, -0.25) is 0 Å². The van der Waals surface area contributed by atoms with Crippen molar-refractivity contribution in [3.05, 3.63) is 29.0 Å². The quantitative estimate of drug-likeness (QED) is 0.871. The Morgan fingerprint density at radius 2 is 2.00 bits per heavy atom. The normalized spacial score (nSPS) is 18.4. The molecule has 2 aliphatic carbocycles. The maximum absolute atomic E-state index is 6.25. The van der Waals surface area contributed by atoms with Gasteiger partial charge in [-0.15, -0.1) is 10.2 Å². The van der Waals surface area contributed by atoms with Crippen LogP contribution in [0.5, 0.6) is 0 Å². The van der Waals surface area contributed by atoms with Crippen molar-refractivity contribution in [2.45, 2.75) is 47.7 Å². The highest BCUT2D eigenvalue weighted by molar-refractivity contribution is 7.99. The van der Waals surface area contributed by atoms with E-state index in [1.807, 2.05) is 12.1 Å². The third-order valence-electron chi connectivity index (χ3n) is 3.70. The number of anilines is 1. The van der Waals surface area contributed by atoms with Crippen molar-refractivity contribution in [3.63, 3.8) is 0 Å². The number of rotatable bonds is 4. The fraction of sp³-hybridized carbons (Fsp3) is 0.429. The van der Waals surface area contributed by atoms with Gasteiger partial charge in [-0.05, 0) is 55.6 Å². The topological polar surface area (TPSA) is 56.7 Å². The van der Waals surface area contributed by atoms with Crippen LogP contribution in [0, 0.1) is 0 Å². The van der Waals surface area contributed by atoms with E-state index in [-0.39, 0.29) is 0 Å². The summed E-state index contributed by atoms with van der Waals surface area (Å²) in [6.07, 6.45) is 4.97. The monoisotopic (exact) mass is 306 g/mol. The van der Waals surface area contributed by atoms with Crippen LogP contribution in [0.1, 0.15) is 43.5 Å². The minimum atomic E-state index is 0.593. The third kappa shape index (κ3) is 2.29. The summed E-state index contributed by atoms with van der Waals surface area (Å²) in [5.74, 6) is 1.79. The zero-order valence-electron chi connectivity index (χ0n) is 10.9. The van der Waals surface area contributed by atoms with E-state index in [1.165, 1.54) is 31.5 Å². The molecule has 2 saturated carbocycles. The molecule has 0 amide bonds. The highest BCUT2D eigenvalue weighted by Gasteiger charge is 2.36. The molecule has 6 heteroatoms. The molecule has 4 nitrogen and oxygen atoms in total. The average molecular weight is 307 g/mol. The number of halogens is 1. The Kier molecular flexibility index (Phi) is 2.93. The van der Waals surface area contributed by atoms with E-state index in [9.17, 15) is 0 Å². The second-order valence-electron chi connectivity index (χ2n) is 5.51. The van der Waals surface area contributed by atoms with Gasteiger partial charge in [-0.25, -0.2) is 0 Å². The van der Waals surface area contributed by atoms with Crippen LogP contribution in [0.2, 0.25) is 5.02 Å². The van der Waals surface area contributed by atoms with Crippen LogP contribution in [0.3, 0.4) is 0 Å². The molecule has 0 saturated heterocycles. The lowest BCUT2D eigenvalue weighted by atomic mass is 10.3. The average Bonchev–Trinajstić information content (AvgIpc) is 3.31. The number of hydrogen-bond acceptors (Lipinski definition) is 4. The molecule has 2 aliphatic rings. The minimum absolute atomic E-state index is 0.593. The first-order chi connectivity index (χ1) is 9.72. The second kappa shape index (κ2) is 4.67. The van der Waals surface area contributed by atoms with E-state index < -0.39 is 0 Å². The number of benzene rings is 1. The van der Waals surface area contributed by atoms with Gasteiger partial charge in [0.05, 0.1) is 5.02 Å². The van der Waals surface area contributed by atoms with Gasteiger partial charge in [-0.1, -0.05) is 11.6 Å². The first-order valence-corrected chi connectivity index (χ1v) is 8.09. The summed E-state index contributed by atoms with van der Waals surface area (Å²) in [6.45, 7) is 0. The Morgan fingerprint density at radius 1 is 1.20 bits per heavy atom. The lowest BCUT2D eigenvalue weighted by Crippen LogP contribution is -2.01. The molecular formula is C14H15ClN4S. The molecule has 0 radical (unpaired) electrons. The van der Waals surface area contributed by atoms with Crippen molar-refractivity contribution in [2.75, 3.05) is 5.73 Å². The van der Waals surface area contributed by atoms with Gasteiger partial charge < -0.3 is 10.3 Å². The molecular weight excluding hydrogens is 292 g/mol. The van der Waals surface area contributed by atoms with Gasteiger partial charge in [-0.2, -0.15) is 0 Å². The SMILES string of the molecule is Nc1ccc(Sc2nnc(C3CC3)n2C2CC2)c(Cl)c1. The van der Waals surface area contributed by atoms with Gasteiger partial charge in [0.25, 0.3) is 0 Å². The van der Waals surface area contributed by atoms with E-state index in [0.717, 1.165) is 10.1 Å². The van der Waals surface area contributed by atoms with Crippen molar-refractivity contribution in [2.24, 2.45) is 0 Å². The van der Waals surface area contributed by atoms with Crippen LogP contribution in [0.15, 0.2) is 28.3 Å². The Morgan fingerprint density at radius 3 is 2.65 bits per heavy atom. The predicted molar refractivity (Wildman–Crippen MR) is 80.3 cm³/mol. The first-order valence-electron chi connectivity index (χ1n) is 6.90. The van der Waals surface area contributed by atoms with Gasteiger partial charge in [0.1, 0.15) is 5.82 Å². The number of nitrogen functional groups attached to an aromatic ring is 1. The molecule has 2 fully saturated rings. The summed E-state index contributed by atoms with van der Waals surface area (Å²) in [5.41, 5.74) is 6.42. The fourth-order valence-corrected chi connectivity index (χ4v) is 3.57. The predicted octanol–water partition coefficient (Wildman–Crippen LogP) is 3.88. The lowest BCUT2D eigenvalue weighted by molar-refractivity contribution is 0.627. The summed E-state index contributed by atoms with van der Waals surface area (Å²) in [6, 6.07) is 6.19. The molecule has 0 bridgehead atoms. The molecule has 1 aromatic carbocycles. The van der Waals surface area contributed by atoms with Crippen LogP contribution in [-0.2, 0) is 0 Å². The minimum Gasteiger partial charge on any atom is -0.399 e. The molecule has 1 heterocycles. The van der Waals surface area contributed by atoms with Gasteiger partial charge in [0.15, 0.2) is 5.16 Å². The van der Waals surface area contributed by atoms with E-state index in [2.05, 4.69) is 14.8 Å². The number of aromatic nitrogens is 3. The van der Waals surface area contributed by atoms with E-state index in [0.29, 0.717) is 22.7 Å². The van der Waals surface area contributed by atoms with Gasteiger partial charge >= 0.3 is 0 Å². The summed E-state index contributed by atoms with van der Waals surface area (Å²) < 4.78 is 2.33. The molecule has 104 valence electrons. The zero-order valence-corrected chi connectivity index (χ0v) is 12.5. The molecule has 0 unspecified atom stereocenters. The first kappa shape index (κ1) is 12.5. The summed E-state index contributed by atoms with van der Waals surface area (Å²) in [7, 11) is 0. The fourth-order valence-electron chi connectivity index (χ4n) is 2.35. The molecule has 0 atom stereocenters. The number of hydrogen-bond donors (Lipinski definition) is 1. The standard InChI is InChI=1S/C14H15ClN4S/c15-11-7-9(16)3-6-12(11)20-14-18-17-13(8-1-2-8)19(14)10-4-5-10/h3,6-8,10H,1-2,4-5,16H2. The van der Waals surface area contributed by atoms with E-state index in [4.69, 9.17) is 17.3 Å². The zero-order chi connectivity index (χ0) is 13.7. The van der Waals surface area contributed by atoms with Crippen molar-refractivity contribution in [3.8, 4) is 0 Å². The molecule has 4 rings (SSSR count). The largest absolute Gasteiger partial charge is 0.399 e. The Labute approximate surface area is 126 Å². The molecule has 20 heavy (non-hydrogen) atoms. The summed E-state index contributed by atoms with van der Waals surface area (Å²) in [4.78, 5) is 0.984. The molecule has 2 aromatic rings. The molecule has 0 spiro atoms. The van der Waals surface area contributed by atoms with Crippen molar-refractivity contribution < 1.29 is 0 Å². The third-order valence-corrected chi connectivity index (χ3v) is 5.16. The van der Waals surface area contributed by atoms with E-state index in [1.54, 1.807) is 17.8 Å². The molecule has 2 N–H and O–H groups in total. The van der Waals surface area contributed by atoms with E-state index >= 15 is 0 Å². The number of nitrogens with two attached hydrogens (primary N) is 1. The molecule has 1 aromatic heterocycles. The maximum Gasteiger partial charge on any atom is 0.196 e. The van der Waals surface area contributed by atoms with Crippen molar-refractivity contribution in [1.29, 1.82) is 0 Å². The van der Waals surface area contributed by atoms with Gasteiger partial charge in [0.2, 0.25) is 0 Å². The summed E-state index contributed by atoms with van der Waals surface area (Å²) >= 11 is 7.84. The van der Waals surface area contributed by atoms with Crippen LogP contribution < -0.4 is 5.73 Å². The van der Waals surface area contributed by atoms with Gasteiger partial charge in [0, 0.05) is 22.5 Å². The van der Waals surface area contributed by atoms with Crippen LogP contribution in [0.4, 0.5) is 5.69 Å². The smallest absolute Gasteiger partial charge is 0.196 e. The summed E-state index contributed by atoms with van der Waals surface area (Å²) in [5, 5.41) is 10.4. The Bertz CT molecular complexity index is 661. The van der Waals surface area contributed by atoms with Crippen molar-refractivity contribution >= 4 is 29.1 Å². The number of nitrogens with zero attached hydrogens (tertiary/aromatic N) is 3. The highest BCUT2D eigenvalue weighted by Crippen LogP contribution is 2.47. The highest BCUT2D eigenvalue weighted by atomic mass is 35.5. The van der Waals surface area contributed by atoms with Crippen LogP contribution >= 0.6 is 23.4 Å². The lowest BCUT2D eigenvalue weighted by Gasteiger charge is -2.09.